The SMILES string of the molecule is CC(CN1CCOCC1)NC(=O)c1cc(-c2ccn(C)n2)nc2ccccc12. The molecule has 0 saturated carbocycles. The fraction of sp³-hybridized carbons (Fsp3) is 0.381. The van der Waals surface area contributed by atoms with E-state index in [2.05, 4.69) is 15.3 Å². The van der Waals surface area contributed by atoms with E-state index in [4.69, 9.17) is 9.72 Å². The highest BCUT2D eigenvalue weighted by molar-refractivity contribution is 6.07. The second-order valence-electron chi connectivity index (χ2n) is 7.23. The van der Waals surface area contributed by atoms with E-state index < -0.39 is 0 Å². The molecule has 1 aromatic carbocycles. The lowest BCUT2D eigenvalue weighted by Gasteiger charge is -2.29. The highest BCUT2D eigenvalue weighted by Crippen LogP contribution is 2.24. The molecule has 28 heavy (non-hydrogen) atoms. The molecule has 1 amide bonds. The number of fused-ring (bicyclic) bond motifs is 1. The molecule has 7 heteroatoms. The van der Waals surface area contributed by atoms with Crippen molar-refractivity contribution in [2.75, 3.05) is 32.8 Å². The second-order valence-corrected chi connectivity index (χ2v) is 7.23. The first-order valence-electron chi connectivity index (χ1n) is 9.61. The molecule has 1 fully saturated rings. The Morgan fingerprint density at radius 2 is 2.00 bits per heavy atom. The van der Waals surface area contributed by atoms with Crippen LogP contribution in [0.1, 0.15) is 17.3 Å². The van der Waals surface area contributed by atoms with Crippen LogP contribution in [-0.2, 0) is 11.8 Å². The number of aryl methyl sites for hydroxylation is 1. The van der Waals surface area contributed by atoms with Crippen LogP contribution in [-0.4, -0.2) is 64.5 Å². The molecule has 1 atom stereocenters. The van der Waals surface area contributed by atoms with Crippen LogP contribution >= 0.6 is 0 Å². The number of morpholine rings is 1. The number of aromatic nitrogens is 3. The topological polar surface area (TPSA) is 72.3 Å². The number of nitrogens with zero attached hydrogens (tertiary/aromatic N) is 4. The molecule has 0 spiro atoms. The zero-order valence-corrected chi connectivity index (χ0v) is 16.3. The van der Waals surface area contributed by atoms with Crippen LogP contribution < -0.4 is 5.32 Å². The normalized spacial score (nSPS) is 16.2. The number of ether oxygens (including phenoxy) is 1. The molecular weight excluding hydrogens is 354 g/mol. The summed E-state index contributed by atoms with van der Waals surface area (Å²) in [6, 6.07) is 11.5. The summed E-state index contributed by atoms with van der Waals surface area (Å²) in [6.07, 6.45) is 1.87. The number of para-hydroxylation sites is 1. The molecule has 146 valence electrons. The zero-order chi connectivity index (χ0) is 19.5. The lowest BCUT2D eigenvalue weighted by atomic mass is 10.1. The van der Waals surface area contributed by atoms with Crippen LogP contribution in [0.2, 0.25) is 0 Å². The Kier molecular flexibility index (Phi) is 5.36. The average molecular weight is 379 g/mol. The highest BCUT2D eigenvalue weighted by Gasteiger charge is 2.19. The fourth-order valence-corrected chi connectivity index (χ4v) is 3.56. The van der Waals surface area contributed by atoms with Gasteiger partial charge in [-0.05, 0) is 25.1 Å². The molecule has 3 heterocycles. The Morgan fingerprint density at radius 3 is 2.75 bits per heavy atom. The van der Waals surface area contributed by atoms with E-state index in [1.165, 1.54) is 0 Å². The molecule has 0 bridgehead atoms. The van der Waals surface area contributed by atoms with Crippen molar-refractivity contribution in [2.45, 2.75) is 13.0 Å². The molecule has 0 radical (unpaired) electrons. The maximum atomic E-state index is 13.1. The fourth-order valence-electron chi connectivity index (χ4n) is 3.56. The van der Waals surface area contributed by atoms with Crippen LogP contribution in [0.15, 0.2) is 42.6 Å². The van der Waals surface area contributed by atoms with Crippen molar-refractivity contribution < 1.29 is 9.53 Å². The Morgan fingerprint density at radius 1 is 1.21 bits per heavy atom. The van der Waals surface area contributed by atoms with Gasteiger partial charge < -0.3 is 10.1 Å². The van der Waals surface area contributed by atoms with E-state index in [9.17, 15) is 4.79 Å². The third-order valence-electron chi connectivity index (χ3n) is 4.95. The molecule has 2 aromatic heterocycles. The van der Waals surface area contributed by atoms with Gasteiger partial charge in [0, 0.05) is 44.3 Å². The van der Waals surface area contributed by atoms with E-state index in [1.807, 2.05) is 56.6 Å². The number of pyridine rings is 1. The molecule has 1 N–H and O–H groups in total. The molecule has 1 aliphatic rings. The van der Waals surface area contributed by atoms with Gasteiger partial charge in [-0.15, -0.1) is 0 Å². The van der Waals surface area contributed by atoms with Gasteiger partial charge in [-0.1, -0.05) is 18.2 Å². The number of rotatable bonds is 5. The first kappa shape index (κ1) is 18.6. The van der Waals surface area contributed by atoms with Gasteiger partial charge in [-0.3, -0.25) is 14.4 Å². The molecule has 4 rings (SSSR count). The second kappa shape index (κ2) is 8.08. The summed E-state index contributed by atoms with van der Waals surface area (Å²) >= 11 is 0. The lowest BCUT2D eigenvalue weighted by Crippen LogP contribution is -2.46. The first-order chi connectivity index (χ1) is 13.6. The quantitative estimate of drug-likeness (QED) is 0.735. The van der Waals surface area contributed by atoms with Crippen molar-refractivity contribution in [1.29, 1.82) is 0 Å². The minimum atomic E-state index is -0.0865. The molecule has 1 unspecified atom stereocenters. The molecule has 7 nitrogen and oxygen atoms in total. The smallest absolute Gasteiger partial charge is 0.252 e. The van der Waals surface area contributed by atoms with Gasteiger partial charge in [0.05, 0.1) is 30.0 Å². The maximum absolute atomic E-state index is 13.1. The van der Waals surface area contributed by atoms with Crippen molar-refractivity contribution in [1.82, 2.24) is 25.0 Å². The van der Waals surface area contributed by atoms with Crippen molar-refractivity contribution in [2.24, 2.45) is 7.05 Å². The van der Waals surface area contributed by atoms with E-state index in [-0.39, 0.29) is 11.9 Å². The standard InChI is InChI=1S/C21H25N5O2/c1-15(14-26-9-11-28-12-10-26)22-21(27)17-13-20(19-7-8-25(2)24-19)23-18-6-4-3-5-16(17)18/h3-8,13,15H,9-12,14H2,1-2H3,(H,22,27). The Balaban J connectivity index is 1.60. The summed E-state index contributed by atoms with van der Waals surface area (Å²) in [7, 11) is 1.87. The Bertz CT molecular complexity index is 978. The summed E-state index contributed by atoms with van der Waals surface area (Å²) in [4.78, 5) is 20.1. The van der Waals surface area contributed by atoms with Crippen LogP contribution in [0.4, 0.5) is 0 Å². The van der Waals surface area contributed by atoms with Crippen molar-refractivity contribution in [3.8, 4) is 11.4 Å². The minimum Gasteiger partial charge on any atom is -0.379 e. The van der Waals surface area contributed by atoms with E-state index >= 15 is 0 Å². The predicted octanol–water partition coefficient (Wildman–Crippen LogP) is 2.09. The number of hydrogen-bond acceptors (Lipinski definition) is 5. The Hall–Kier alpha value is -2.77. The van der Waals surface area contributed by atoms with E-state index in [1.54, 1.807) is 4.68 Å². The van der Waals surface area contributed by atoms with Crippen LogP contribution in [0.5, 0.6) is 0 Å². The summed E-state index contributed by atoms with van der Waals surface area (Å²) in [5.74, 6) is -0.0865. The predicted molar refractivity (Wildman–Crippen MR) is 108 cm³/mol. The van der Waals surface area contributed by atoms with Gasteiger partial charge in [-0.25, -0.2) is 4.98 Å². The maximum Gasteiger partial charge on any atom is 0.252 e. The molecule has 1 saturated heterocycles. The van der Waals surface area contributed by atoms with Crippen LogP contribution in [0.25, 0.3) is 22.3 Å². The lowest BCUT2D eigenvalue weighted by molar-refractivity contribution is 0.0342. The number of nitrogens with one attached hydrogen (secondary N) is 1. The van der Waals surface area contributed by atoms with Gasteiger partial charge in [0.2, 0.25) is 0 Å². The first-order valence-corrected chi connectivity index (χ1v) is 9.61. The molecule has 3 aromatic rings. The Labute approximate surface area is 164 Å². The van der Waals surface area contributed by atoms with Gasteiger partial charge in [-0.2, -0.15) is 5.10 Å². The van der Waals surface area contributed by atoms with Crippen LogP contribution in [0.3, 0.4) is 0 Å². The van der Waals surface area contributed by atoms with Gasteiger partial charge in [0.1, 0.15) is 5.69 Å². The summed E-state index contributed by atoms with van der Waals surface area (Å²) in [5.41, 5.74) is 2.87. The van der Waals surface area contributed by atoms with Gasteiger partial charge in [0.25, 0.3) is 5.91 Å². The molecule has 1 aliphatic heterocycles. The number of amides is 1. The van der Waals surface area contributed by atoms with Gasteiger partial charge >= 0.3 is 0 Å². The largest absolute Gasteiger partial charge is 0.379 e. The van der Waals surface area contributed by atoms with Crippen molar-refractivity contribution >= 4 is 16.8 Å². The number of carbonyl (C=O) groups is 1. The summed E-state index contributed by atoms with van der Waals surface area (Å²) in [6.45, 7) is 6.16. The monoisotopic (exact) mass is 379 g/mol. The van der Waals surface area contributed by atoms with Crippen LogP contribution in [0, 0.1) is 0 Å². The van der Waals surface area contributed by atoms with Gasteiger partial charge in [0.15, 0.2) is 0 Å². The third kappa shape index (κ3) is 4.05. The zero-order valence-electron chi connectivity index (χ0n) is 16.3. The average Bonchev–Trinajstić information content (AvgIpc) is 3.14. The third-order valence-corrected chi connectivity index (χ3v) is 4.95. The number of hydrogen-bond donors (Lipinski definition) is 1. The summed E-state index contributed by atoms with van der Waals surface area (Å²) in [5, 5.41) is 8.42. The van der Waals surface area contributed by atoms with Crippen molar-refractivity contribution in [3.63, 3.8) is 0 Å². The summed E-state index contributed by atoms with van der Waals surface area (Å²) < 4.78 is 7.13. The highest BCUT2D eigenvalue weighted by atomic mass is 16.5. The number of carbonyl (C=O) groups excluding carboxylic acids is 1. The van der Waals surface area contributed by atoms with Crippen molar-refractivity contribution in [3.05, 3.63) is 48.2 Å². The molecular formula is C21H25N5O2. The molecule has 0 aliphatic carbocycles. The minimum absolute atomic E-state index is 0.0378. The van der Waals surface area contributed by atoms with E-state index in [0.717, 1.165) is 49.4 Å². The van der Waals surface area contributed by atoms with E-state index in [0.29, 0.717) is 11.3 Å². The number of benzene rings is 1.